The summed E-state index contributed by atoms with van der Waals surface area (Å²) in [5.74, 6) is -1.30. The highest BCUT2D eigenvalue weighted by atomic mass is 16.7. The number of rotatable bonds is 3. The fourth-order valence-electron chi connectivity index (χ4n) is 6.56. The summed E-state index contributed by atoms with van der Waals surface area (Å²) in [6.07, 6.45) is -2.82. The summed E-state index contributed by atoms with van der Waals surface area (Å²) in [6.45, 7) is 6.78. The van der Waals surface area contributed by atoms with Crippen LogP contribution in [0.5, 0.6) is 0 Å². The molecule has 4 aliphatic rings. The van der Waals surface area contributed by atoms with Gasteiger partial charge in [0.05, 0.1) is 0 Å². The second-order valence-electron chi connectivity index (χ2n) is 10.1. The third-order valence-electron chi connectivity index (χ3n) is 7.73. The lowest BCUT2D eigenvalue weighted by molar-refractivity contribution is -0.285. The van der Waals surface area contributed by atoms with Crippen LogP contribution in [0.3, 0.4) is 0 Å². The van der Waals surface area contributed by atoms with Crippen LogP contribution in [-0.4, -0.2) is 63.1 Å². The number of allylic oxidation sites excluding steroid dienone is 1. The maximum Gasteiger partial charge on any atom is 0.336 e. The Morgan fingerprint density at radius 1 is 1.14 bits per heavy atom. The smallest absolute Gasteiger partial charge is 0.336 e. The molecule has 0 amide bonds. The van der Waals surface area contributed by atoms with Gasteiger partial charge in [0.1, 0.15) is 18.3 Å². The van der Waals surface area contributed by atoms with E-state index in [2.05, 4.69) is 20.8 Å². The zero-order valence-electron chi connectivity index (χ0n) is 16.9. The highest BCUT2D eigenvalue weighted by Crippen LogP contribution is 2.70. The number of carboxylic acids is 1. The molecule has 0 radical (unpaired) electrons. The lowest BCUT2D eigenvalue weighted by atomic mass is 9.67. The van der Waals surface area contributed by atoms with Crippen molar-refractivity contribution in [2.75, 3.05) is 0 Å². The number of hydrogen-bond acceptors (Lipinski definition) is 7. The molecule has 0 bridgehead atoms. The van der Waals surface area contributed by atoms with Crippen molar-refractivity contribution in [1.29, 1.82) is 0 Å². The van der Waals surface area contributed by atoms with Crippen molar-refractivity contribution in [2.45, 2.75) is 77.2 Å². The third kappa shape index (κ3) is 3.03. The number of aliphatic hydroxyl groups excluding tert-OH is 3. The molecule has 0 aromatic heterocycles. The van der Waals surface area contributed by atoms with Gasteiger partial charge in [-0.1, -0.05) is 26.8 Å². The van der Waals surface area contributed by atoms with Gasteiger partial charge in [0.25, 0.3) is 0 Å². The van der Waals surface area contributed by atoms with Crippen LogP contribution in [-0.2, 0) is 19.1 Å². The SMILES string of the molecule is CC1CCC2C(C(=O)O[C@H]3O[C@H](C(=O)O)[C@@H](O)[C@H](O)[C@H]3O)=CC3CC(C)(C)CC132. The van der Waals surface area contributed by atoms with E-state index in [4.69, 9.17) is 14.6 Å². The average molecular weight is 410 g/mol. The largest absolute Gasteiger partial charge is 0.479 e. The number of aliphatic carboxylic acids is 1. The van der Waals surface area contributed by atoms with Crippen LogP contribution in [0.1, 0.15) is 46.5 Å². The monoisotopic (exact) mass is 410 g/mol. The summed E-state index contributed by atoms with van der Waals surface area (Å²) in [5, 5.41) is 39.0. The van der Waals surface area contributed by atoms with Crippen LogP contribution >= 0.6 is 0 Å². The molecule has 0 aromatic rings. The van der Waals surface area contributed by atoms with Crippen LogP contribution in [0.4, 0.5) is 0 Å². The van der Waals surface area contributed by atoms with E-state index in [1.807, 2.05) is 6.08 Å². The maximum absolute atomic E-state index is 13.0. The minimum absolute atomic E-state index is 0.0448. The first-order chi connectivity index (χ1) is 13.5. The van der Waals surface area contributed by atoms with Crippen LogP contribution < -0.4 is 0 Å². The Labute approximate surface area is 169 Å². The molecule has 162 valence electrons. The third-order valence-corrected chi connectivity index (χ3v) is 7.73. The minimum Gasteiger partial charge on any atom is -0.479 e. The fourth-order valence-corrected chi connectivity index (χ4v) is 6.56. The highest BCUT2D eigenvalue weighted by Gasteiger charge is 2.64. The van der Waals surface area contributed by atoms with E-state index in [1.54, 1.807) is 0 Å². The molecule has 4 unspecified atom stereocenters. The van der Waals surface area contributed by atoms with Gasteiger partial charge < -0.3 is 29.9 Å². The van der Waals surface area contributed by atoms with E-state index in [0.717, 1.165) is 25.7 Å². The normalized spacial score (nSPS) is 48.0. The van der Waals surface area contributed by atoms with Crippen molar-refractivity contribution < 1.29 is 39.5 Å². The predicted molar refractivity (Wildman–Crippen MR) is 99.3 cm³/mol. The highest BCUT2D eigenvalue weighted by molar-refractivity contribution is 5.90. The first-order valence-electron chi connectivity index (χ1n) is 10.3. The minimum atomic E-state index is -1.82. The number of esters is 1. The van der Waals surface area contributed by atoms with Gasteiger partial charge in [-0.15, -0.1) is 0 Å². The molecule has 3 aliphatic carbocycles. The van der Waals surface area contributed by atoms with E-state index >= 15 is 0 Å². The number of ether oxygens (including phenoxy) is 2. The molecule has 8 heteroatoms. The molecule has 1 saturated heterocycles. The van der Waals surface area contributed by atoms with E-state index < -0.39 is 42.6 Å². The molecule has 9 atom stereocenters. The van der Waals surface area contributed by atoms with Crippen LogP contribution in [0.15, 0.2) is 11.6 Å². The number of carbonyl (C=O) groups excluding carboxylic acids is 1. The molecule has 1 aliphatic heterocycles. The summed E-state index contributed by atoms with van der Waals surface area (Å²) in [4.78, 5) is 24.2. The quantitative estimate of drug-likeness (QED) is 0.503. The van der Waals surface area contributed by atoms with Gasteiger partial charge in [-0.05, 0) is 54.3 Å². The van der Waals surface area contributed by atoms with Crippen LogP contribution in [0.25, 0.3) is 0 Å². The van der Waals surface area contributed by atoms with E-state index in [9.17, 15) is 24.9 Å². The first-order valence-corrected chi connectivity index (χ1v) is 10.3. The van der Waals surface area contributed by atoms with Gasteiger partial charge in [0.15, 0.2) is 6.10 Å². The van der Waals surface area contributed by atoms with E-state index in [1.165, 1.54) is 0 Å². The topological polar surface area (TPSA) is 134 Å². The second-order valence-corrected chi connectivity index (χ2v) is 10.1. The Morgan fingerprint density at radius 2 is 1.83 bits per heavy atom. The number of carboxylic acid groups (broad SMARTS) is 1. The fraction of sp³-hybridized carbons (Fsp3) is 0.810. The van der Waals surface area contributed by atoms with Gasteiger partial charge in [0.2, 0.25) is 6.29 Å². The van der Waals surface area contributed by atoms with Gasteiger partial charge in [0, 0.05) is 5.57 Å². The Kier molecular flexibility index (Phi) is 4.85. The van der Waals surface area contributed by atoms with Crippen molar-refractivity contribution in [2.24, 2.45) is 28.6 Å². The molecular weight excluding hydrogens is 380 g/mol. The van der Waals surface area contributed by atoms with Gasteiger partial charge in [-0.3, -0.25) is 0 Å². The predicted octanol–water partition coefficient (Wildman–Crippen LogP) is 0.830. The van der Waals surface area contributed by atoms with E-state index in [0.29, 0.717) is 17.4 Å². The molecular formula is C21H30O8. The second kappa shape index (κ2) is 6.77. The standard InChI is InChI=1S/C21H30O8/c1-9-4-5-12-11(6-10-7-20(2,3)8-21(9,10)12)18(27)29-19-15(24)13(22)14(23)16(28-19)17(25)26/h6,9-10,12-16,19,22-24H,4-5,7-8H2,1-3H3,(H,25,26)/t9?,10?,12?,13-,14-,15+,16-,19+,21?/m0/s1. The van der Waals surface area contributed by atoms with Crippen LogP contribution in [0.2, 0.25) is 0 Å². The lowest BCUT2D eigenvalue weighted by Crippen LogP contribution is -2.60. The molecule has 1 heterocycles. The Balaban J connectivity index is 1.54. The number of carbonyl (C=O) groups is 2. The summed E-state index contributed by atoms with van der Waals surface area (Å²) in [5.41, 5.74) is 0.826. The molecule has 1 spiro atoms. The molecule has 4 N–H and O–H groups in total. The molecule has 0 aromatic carbocycles. The van der Waals surface area contributed by atoms with Crippen molar-refractivity contribution in [1.82, 2.24) is 0 Å². The molecule has 29 heavy (non-hydrogen) atoms. The van der Waals surface area contributed by atoms with Crippen molar-refractivity contribution in [3.8, 4) is 0 Å². The summed E-state index contributed by atoms with van der Waals surface area (Å²) in [7, 11) is 0. The Bertz CT molecular complexity index is 745. The van der Waals surface area contributed by atoms with Crippen molar-refractivity contribution in [3.63, 3.8) is 0 Å². The molecule has 8 nitrogen and oxygen atoms in total. The molecule has 3 fully saturated rings. The van der Waals surface area contributed by atoms with Gasteiger partial charge >= 0.3 is 11.9 Å². The molecule has 2 saturated carbocycles. The Morgan fingerprint density at radius 3 is 2.48 bits per heavy atom. The molecule has 4 rings (SSSR count). The van der Waals surface area contributed by atoms with Gasteiger partial charge in [-0.25, -0.2) is 9.59 Å². The average Bonchev–Trinajstić information content (AvgIpc) is 3.19. The van der Waals surface area contributed by atoms with Crippen molar-refractivity contribution in [3.05, 3.63) is 11.6 Å². The summed E-state index contributed by atoms with van der Waals surface area (Å²) in [6, 6.07) is 0. The van der Waals surface area contributed by atoms with E-state index in [-0.39, 0.29) is 16.7 Å². The lowest BCUT2D eigenvalue weighted by Gasteiger charge is -2.39. The summed E-state index contributed by atoms with van der Waals surface area (Å²) < 4.78 is 10.4. The zero-order valence-corrected chi connectivity index (χ0v) is 16.9. The first kappa shape index (κ1) is 20.8. The zero-order chi connectivity index (χ0) is 21.3. The number of hydrogen-bond donors (Lipinski definition) is 4. The Hall–Kier alpha value is -1.48. The van der Waals surface area contributed by atoms with Crippen molar-refractivity contribution >= 4 is 11.9 Å². The van der Waals surface area contributed by atoms with Gasteiger partial charge in [-0.2, -0.15) is 0 Å². The summed E-state index contributed by atoms with van der Waals surface area (Å²) >= 11 is 0. The maximum atomic E-state index is 13.0. The number of aliphatic hydroxyl groups is 3. The van der Waals surface area contributed by atoms with Crippen LogP contribution in [0, 0.1) is 28.6 Å².